The summed E-state index contributed by atoms with van der Waals surface area (Å²) < 4.78 is 14.3. The van der Waals surface area contributed by atoms with Crippen LogP contribution in [-0.4, -0.2) is 30.4 Å². The van der Waals surface area contributed by atoms with Crippen LogP contribution in [0.2, 0.25) is 0 Å². The van der Waals surface area contributed by atoms with Gasteiger partial charge >= 0.3 is 0 Å². The van der Waals surface area contributed by atoms with Crippen LogP contribution in [0.1, 0.15) is 19.8 Å². The van der Waals surface area contributed by atoms with E-state index < -0.39 is 0 Å². The van der Waals surface area contributed by atoms with Crippen molar-refractivity contribution in [2.45, 2.75) is 19.8 Å². The van der Waals surface area contributed by atoms with E-state index in [9.17, 15) is 14.0 Å². The Bertz CT molecular complexity index is 969. The number of carbonyl (C=O) groups excluding carboxylic acids is 2. The van der Waals surface area contributed by atoms with Crippen molar-refractivity contribution in [3.63, 3.8) is 0 Å². The van der Waals surface area contributed by atoms with E-state index in [1.807, 2.05) is 24.3 Å². The Balaban J connectivity index is 1.66. The van der Waals surface area contributed by atoms with Crippen LogP contribution >= 0.6 is 11.3 Å². The third-order valence-electron chi connectivity index (χ3n) is 4.17. The lowest BCUT2D eigenvalue weighted by Gasteiger charge is -2.17. The van der Waals surface area contributed by atoms with Gasteiger partial charge in [0.2, 0.25) is 11.8 Å². The van der Waals surface area contributed by atoms with Crippen LogP contribution in [0.5, 0.6) is 0 Å². The first kappa shape index (κ1) is 19.0. The van der Waals surface area contributed by atoms with Gasteiger partial charge in [-0.05, 0) is 42.8 Å². The van der Waals surface area contributed by atoms with E-state index in [0.29, 0.717) is 24.9 Å². The summed E-state index contributed by atoms with van der Waals surface area (Å²) in [5.41, 5.74) is 2.35. The normalized spacial score (nSPS) is 10.8. The van der Waals surface area contributed by atoms with Crippen LogP contribution in [0.4, 0.5) is 10.1 Å². The van der Waals surface area contributed by atoms with E-state index in [4.69, 9.17) is 0 Å². The molecule has 1 N–H and O–H groups in total. The zero-order chi connectivity index (χ0) is 19.4. The first-order valence-electron chi connectivity index (χ1n) is 8.61. The minimum Gasteiger partial charge on any atom is -0.356 e. The van der Waals surface area contributed by atoms with Gasteiger partial charge in [-0.2, -0.15) is 0 Å². The van der Waals surface area contributed by atoms with Crippen molar-refractivity contribution < 1.29 is 14.0 Å². The summed E-state index contributed by atoms with van der Waals surface area (Å²) in [6, 6.07) is 12.1. The third kappa shape index (κ3) is 4.68. The summed E-state index contributed by atoms with van der Waals surface area (Å²) in [5.74, 6) is -0.402. The van der Waals surface area contributed by atoms with Crippen molar-refractivity contribution in [2.24, 2.45) is 0 Å². The van der Waals surface area contributed by atoms with Crippen LogP contribution < -0.4 is 10.2 Å². The molecule has 0 aliphatic rings. The molecule has 0 aliphatic heterocycles. The Morgan fingerprint density at radius 1 is 1.19 bits per heavy atom. The van der Waals surface area contributed by atoms with Crippen LogP contribution in [0.3, 0.4) is 0 Å². The Morgan fingerprint density at radius 2 is 1.93 bits per heavy atom. The Labute approximate surface area is 160 Å². The van der Waals surface area contributed by atoms with Gasteiger partial charge in [-0.3, -0.25) is 9.59 Å². The van der Waals surface area contributed by atoms with Crippen molar-refractivity contribution in [3.05, 3.63) is 48.3 Å². The van der Waals surface area contributed by atoms with Crippen LogP contribution in [0.25, 0.3) is 20.8 Å². The molecule has 3 rings (SSSR count). The molecule has 1 heterocycles. The average molecular weight is 385 g/mol. The SMILES string of the molecule is CC(=O)NCCCC(=O)N(C)c1ccc(-c2nc3cc(F)ccc3s2)cc1. The highest BCUT2D eigenvalue weighted by Gasteiger charge is 2.12. The number of nitrogens with one attached hydrogen (secondary N) is 1. The molecular formula is C20H20FN3O2S. The number of aromatic nitrogens is 1. The van der Waals surface area contributed by atoms with Crippen molar-refractivity contribution >= 4 is 39.1 Å². The van der Waals surface area contributed by atoms with Gasteiger partial charge in [-0.15, -0.1) is 11.3 Å². The van der Waals surface area contributed by atoms with Crippen molar-refractivity contribution in [1.29, 1.82) is 0 Å². The molecule has 140 valence electrons. The fourth-order valence-corrected chi connectivity index (χ4v) is 3.62. The summed E-state index contributed by atoms with van der Waals surface area (Å²) in [6.45, 7) is 1.95. The fourth-order valence-electron chi connectivity index (χ4n) is 2.67. The molecule has 0 saturated heterocycles. The van der Waals surface area contributed by atoms with Gasteiger partial charge in [0.15, 0.2) is 0 Å². The molecule has 2 amide bonds. The molecule has 27 heavy (non-hydrogen) atoms. The molecule has 3 aromatic rings. The highest BCUT2D eigenvalue weighted by Crippen LogP contribution is 2.31. The van der Waals surface area contributed by atoms with Gasteiger partial charge in [0.05, 0.1) is 10.2 Å². The first-order chi connectivity index (χ1) is 12.9. The highest BCUT2D eigenvalue weighted by molar-refractivity contribution is 7.21. The molecule has 0 spiro atoms. The topological polar surface area (TPSA) is 62.3 Å². The van der Waals surface area contributed by atoms with Gasteiger partial charge in [0.25, 0.3) is 0 Å². The minimum absolute atomic E-state index is 0.0106. The highest BCUT2D eigenvalue weighted by atomic mass is 32.1. The maximum absolute atomic E-state index is 13.3. The molecule has 0 aliphatic carbocycles. The number of anilines is 1. The molecule has 0 radical (unpaired) electrons. The summed E-state index contributed by atoms with van der Waals surface area (Å²) in [5, 5.41) is 3.49. The van der Waals surface area contributed by atoms with E-state index >= 15 is 0 Å². The number of hydrogen-bond donors (Lipinski definition) is 1. The molecule has 0 bridgehead atoms. The molecule has 7 heteroatoms. The van der Waals surface area contributed by atoms with Crippen molar-refractivity contribution in [1.82, 2.24) is 10.3 Å². The van der Waals surface area contributed by atoms with Gasteiger partial charge in [-0.1, -0.05) is 0 Å². The van der Waals surface area contributed by atoms with E-state index in [0.717, 1.165) is 21.0 Å². The quantitative estimate of drug-likeness (QED) is 0.653. The van der Waals surface area contributed by atoms with E-state index in [2.05, 4.69) is 10.3 Å². The Morgan fingerprint density at radius 3 is 2.63 bits per heavy atom. The number of nitrogens with zero attached hydrogens (tertiary/aromatic N) is 2. The smallest absolute Gasteiger partial charge is 0.226 e. The lowest BCUT2D eigenvalue weighted by Crippen LogP contribution is -2.28. The number of thiazole rings is 1. The Kier molecular flexibility index (Phi) is 5.81. The first-order valence-corrected chi connectivity index (χ1v) is 9.43. The second kappa shape index (κ2) is 8.26. The number of amides is 2. The molecule has 0 atom stereocenters. The molecular weight excluding hydrogens is 365 g/mol. The summed E-state index contributed by atoms with van der Waals surface area (Å²) in [4.78, 5) is 29.2. The van der Waals surface area contributed by atoms with Crippen LogP contribution in [-0.2, 0) is 9.59 Å². The number of fused-ring (bicyclic) bond motifs is 1. The molecule has 0 saturated carbocycles. The number of halogens is 1. The second-order valence-corrected chi connectivity index (χ2v) is 7.25. The van der Waals surface area contributed by atoms with Gasteiger partial charge in [0.1, 0.15) is 10.8 Å². The molecule has 1 aromatic heterocycles. The molecule has 5 nitrogen and oxygen atoms in total. The van der Waals surface area contributed by atoms with Crippen molar-refractivity contribution in [3.8, 4) is 10.6 Å². The zero-order valence-corrected chi connectivity index (χ0v) is 16.0. The van der Waals surface area contributed by atoms with E-state index in [1.165, 1.54) is 30.4 Å². The van der Waals surface area contributed by atoms with Crippen molar-refractivity contribution in [2.75, 3.05) is 18.5 Å². The fraction of sp³-hybridized carbons (Fsp3) is 0.250. The number of carbonyl (C=O) groups is 2. The Hall–Kier alpha value is -2.80. The number of benzene rings is 2. The molecule has 0 unspecified atom stereocenters. The molecule has 0 fully saturated rings. The van der Waals surface area contributed by atoms with Crippen LogP contribution in [0.15, 0.2) is 42.5 Å². The lowest BCUT2D eigenvalue weighted by molar-refractivity contribution is -0.120. The monoisotopic (exact) mass is 385 g/mol. The standard InChI is InChI=1S/C20H20FN3O2S/c1-13(25)22-11-3-4-19(26)24(2)16-8-5-14(6-9-16)20-23-17-12-15(21)7-10-18(17)27-20/h5-10,12H,3-4,11H2,1-2H3,(H,22,25). The maximum Gasteiger partial charge on any atom is 0.226 e. The van der Waals surface area contributed by atoms with Crippen LogP contribution in [0, 0.1) is 5.82 Å². The second-order valence-electron chi connectivity index (χ2n) is 6.22. The van der Waals surface area contributed by atoms with E-state index in [-0.39, 0.29) is 17.6 Å². The van der Waals surface area contributed by atoms with Gasteiger partial charge in [0, 0.05) is 44.3 Å². The summed E-state index contributed by atoms with van der Waals surface area (Å²) >= 11 is 1.50. The predicted molar refractivity (Wildman–Crippen MR) is 106 cm³/mol. The zero-order valence-electron chi connectivity index (χ0n) is 15.2. The predicted octanol–water partition coefficient (Wildman–Crippen LogP) is 3.98. The van der Waals surface area contributed by atoms with Gasteiger partial charge < -0.3 is 10.2 Å². The van der Waals surface area contributed by atoms with E-state index in [1.54, 1.807) is 18.0 Å². The summed E-state index contributed by atoms with van der Waals surface area (Å²) in [7, 11) is 1.73. The van der Waals surface area contributed by atoms with Gasteiger partial charge in [-0.25, -0.2) is 9.37 Å². The average Bonchev–Trinajstić information content (AvgIpc) is 3.07. The largest absolute Gasteiger partial charge is 0.356 e. The number of hydrogen-bond acceptors (Lipinski definition) is 4. The lowest BCUT2D eigenvalue weighted by atomic mass is 10.2. The summed E-state index contributed by atoms with van der Waals surface area (Å²) in [6.07, 6.45) is 0.963. The number of rotatable bonds is 6. The molecule has 2 aromatic carbocycles. The minimum atomic E-state index is -0.298. The third-order valence-corrected chi connectivity index (χ3v) is 5.25. The maximum atomic E-state index is 13.3.